The van der Waals surface area contributed by atoms with E-state index in [0.29, 0.717) is 16.9 Å². The maximum absolute atomic E-state index is 11.2. The van der Waals surface area contributed by atoms with Crippen LogP contribution in [0.15, 0.2) is 24.3 Å². The minimum Gasteiger partial charge on any atom is -0.478 e. The summed E-state index contributed by atoms with van der Waals surface area (Å²) in [6.07, 6.45) is 0. The van der Waals surface area contributed by atoms with Gasteiger partial charge in [0.15, 0.2) is 0 Å². The number of benzene rings is 1. The number of aromatic carboxylic acids is 1. The first-order chi connectivity index (χ1) is 9.88. The van der Waals surface area contributed by atoms with Gasteiger partial charge in [0.05, 0.1) is 22.5 Å². The van der Waals surface area contributed by atoms with Crippen molar-refractivity contribution in [1.29, 1.82) is 0 Å². The zero-order chi connectivity index (χ0) is 15.6. The van der Waals surface area contributed by atoms with Gasteiger partial charge in [-0.1, -0.05) is 6.07 Å². The number of nitrogens with zero attached hydrogens (tertiary/aromatic N) is 2. The van der Waals surface area contributed by atoms with Crippen LogP contribution in [0, 0.1) is 0 Å². The van der Waals surface area contributed by atoms with Crippen LogP contribution in [0.3, 0.4) is 0 Å². The van der Waals surface area contributed by atoms with Crippen molar-refractivity contribution in [3.8, 4) is 0 Å². The lowest BCUT2D eigenvalue weighted by atomic mass is 10.1. The topological polar surface area (TPSA) is 79.7 Å². The molecule has 2 rings (SSSR count). The lowest BCUT2D eigenvalue weighted by Crippen LogP contribution is -2.12. The largest absolute Gasteiger partial charge is 0.478 e. The summed E-state index contributed by atoms with van der Waals surface area (Å²) in [5.41, 5.74) is 2.20. The van der Waals surface area contributed by atoms with Gasteiger partial charge in [0, 0.05) is 26.4 Å². The molecule has 0 aliphatic heterocycles. The van der Waals surface area contributed by atoms with Crippen LogP contribution >= 0.6 is 0 Å². The van der Waals surface area contributed by atoms with Crippen molar-refractivity contribution in [2.45, 2.75) is 13.5 Å². The SMILES string of the molecule is CC(=O)OCc1ccc2cc(C(=O)O)cc(N(C)C)c2n1. The number of aromatic nitrogens is 1. The molecular formula is C15H16N2O4. The van der Waals surface area contributed by atoms with Crippen molar-refractivity contribution in [2.75, 3.05) is 19.0 Å². The van der Waals surface area contributed by atoms with Crippen LogP contribution in [-0.2, 0) is 16.1 Å². The fraction of sp³-hybridized carbons (Fsp3) is 0.267. The summed E-state index contributed by atoms with van der Waals surface area (Å²) in [5, 5.41) is 9.88. The fourth-order valence-electron chi connectivity index (χ4n) is 1.98. The molecule has 0 fully saturated rings. The zero-order valence-electron chi connectivity index (χ0n) is 12.1. The molecule has 2 aromatic rings. The molecule has 1 aromatic carbocycles. The quantitative estimate of drug-likeness (QED) is 0.867. The third kappa shape index (κ3) is 3.28. The third-order valence-corrected chi connectivity index (χ3v) is 2.98. The summed E-state index contributed by atoms with van der Waals surface area (Å²) in [4.78, 5) is 28.3. The van der Waals surface area contributed by atoms with E-state index in [1.807, 2.05) is 14.1 Å². The van der Waals surface area contributed by atoms with E-state index < -0.39 is 5.97 Å². The number of ether oxygens (including phenoxy) is 1. The molecule has 0 aliphatic carbocycles. The van der Waals surface area contributed by atoms with Crippen molar-refractivity contribution in [3.05, 3.63) is 35.5 Å². The van der Waals surface area contributed by atoms with Crippen molar-refractivity contribution >= 4 is 28.5 Å². The second kappa shape index (κ2) is 5.78. The lowest BCUT2D eigenvalue weighted by molar-refractivity contribution is -0.142. The Morgan fingerprint density at radius 3 is 2.57 bits per heavy atom. The Bertz CT molecular complexity index is 710. The van der Waals surface area contributed by atoms with E-state index in [2.05, 4.69) is 4.98 Å². The zero-order valence-corrected chi connectivity index (χ0v) is 12.1. The van der Waals surface area contributed by atoms with Gasteiger partial charge in [-0.3, -0.25) is 4.79 Å². The highest BCUT2D eigenvalue weighted by Gasteiger charge is 2.12. The molecule has 0 bridgehead atoms. The Morgan fingerprint density at radius 1 is 1.29 bits per heavy atom. The maximum atomic E-state index is 11.2. The van der Waals surface area contributed by atoms with Crippen molar-refractivity contribution < 1.29 is 19.4 Å². The van der Waals surface area contributed by atoms with Crippen LogP contribution in [0.1, 0.15) is 23.0 Å². The molecule has 21 heavy (non-hydrogen) atoms. The van der Waals surface area contributed by atoms with E-state index >= 15 is 0 Å². The highest BCUT2D eigenvalue weighted by Crippen LogP contribution is 2.26. The number of fused-ring (bicyclic) bond motifs is 1. The van der Waals surface area contributed by atoms with E-state index in [9.17, 15) is 9.59 Å². The van der Waals surface area contributed by atoms with Gasteiger partial charge in [-0.05, 0) is 18.2 Å². The first kappa shape index (κ1) is 14.8. The number of rotatable bonds is 4. The highest BCUT2D eigenvalue weighted by atomic mass is 16.5. The number of carboxylic acid groups (broad SMARTS) is 1. The second-order valence-corrected chi connectivity index (χ2v) is 4.85. The maximum Gasteiger partial charge on any atom is 0.335 e. The van der Waals surface area contributed by atoms with Gasteiger partial charge in [0.25, 0.3) is 0 Å². The van der Waals surface area contributed by atoms with Crippen LogP contribution < -0.4 is 4.90 Å². The van der Waals surface area contributed by atoms with Crippen molar-refractivity contribution in [3.63, 3.8) is 0 Å². The van der Waals surface area contributed by atoms with Gasteiger partial charge >= 0.3 is 11.9 Å². The van der Waals surface area contributed by atoms with Gasteiger partial charge in [0.2, 0.25) is 0 Å². The molecule has 0 saturated carbocycles. The number of pyridine rings is 1. The molecule has 1 aromatic heterocycles. The molecule has 0 saturated heterocycles. The molecule has 0 unspecified atom stereocenters. The minimum atomic E-state index is -0.982. The summed E-state index contributed by atoms with van der Waals surface area (Å²) in [6, 6.07) is 6.65. The molecule has 0 atom stereocenters. The van der Waals surface area contributed by atoms with Gasteiger partial charge in [-0.15, -0.1) is 0 Å². The molecule has 0 radical (unpaired) electrons. The van der Waals surface area contributed by atoms with Gasteiger partial charge in [-0.2, -0.15) is 0 Å². The average Bonchev–Trinajstić information content (AvgIpc) is 2.43. The monoisotopic (exact) mass is 288 g/mol. The number of esters is 1. The predicted molar refractivity (Wildman–Crippen MR) is 78.5 cm³/mol. The predicted octanol–water partition coefficient (Wildman–Crippen LogP) is 2.06. The summed E-state index contributed by atoms with van der Waals surface area (Å²) in [6.45, 7) is 1.43. The molecule has 6 heteroatoms. The molecule has 0 aliphatic rings. The van der Waals surface area contributed by atoms with Gasteiger partial charge in [0.1, 0.15) is 6.61 Å². The Morgan fingerprint density at radius 2 is 2.00 bits per heavy atom. The first-order valence-corrected chi connectivity index (χ1v) is 6.36. The molecule has 1 N–H and O–H groups in total. The Balaban J connectivity index is 2.54. The van der Waals surface area contributed by atoms with Crippen LogP contribution in [0.5, 0.6) is 0 Å². The normalized spacial score (nSPS) is 10.4. The third-order valence-electron chi connectivity index (χ3n) is 2.98. The number of carbonyl (C=O) groups excluding carboxylic acids is 1. The highest BCUT2D eigenvalue weighted by molar-refractivity contribution is 5.99. The summed E-state index contributed by atoms with van der Waals surface area (Å²) < 4.78 is 4.93. The first-order valence-electron chi connectivity index (χ1n) is 6.36. The Kier molecular flexibility index (Phi) is 4.07. The van der Waals surface area contributed by atoms with Gasteiger partial charge in [-0.25, -0.2) is 9.78 Å². The van der Waals surface area contributed by atoms with Crippen LogP contribution in [0.25, 0.3) is 10.9 Å². The molecule has 0 spiro atoms. The van der Waals surface area contributed by atoms with E-state index in [0.717, 1.165) is 5.39 Å². The molecule has 110 valence electrons. The summed E-state index contributed by atoms with van der Waals surface area (Å²) in [7, 11) is 3.64. The van der Waals surface area contributed by atoms with Crippen molar-refractivity contribution in [2.24, 2.45) is 0 Å². The summed E-state index contributed by atoms with van der Waals surface area (Å²) in [5.74, 6) is -1.35. The minimum absolute atomic E-state index is 0.0961. The Hall–Kier alpha value is -2.63. The van der Waals surface area contributed by atoms with E-state index in [4.69, 9.17) is 9.84 Å². The molecule has 1 heterocycles. The number of anilines is 1. The molecular weight excluding hydrogens is 272 g/mol. The second-order valence-electron chi connectivity index (χ2n) is 4.85. The number of carbonyl (C=O) groups is 2. The fourth-order valence-corrected chi connectivity index (χ4v) is 1.98. The van der Waals surface area contributed by atoms with Crippen LogP contribution in [0.4, 0.5) is 5.69 Å². The Labute approximate surface area is 122 Å². The standard InChI is InChI=1S/C15H16N2O4/c1-9(18)21-8-12-5-4-10-6-11(15(19)20)7-13(17(2)3)14(10)16-12/h4-7H,8H2,1-3H3,(H,19,20). The number of hydrogen-bond acceptors (Lipinski definition) is 5. The lowest BCUT2D eigenvalue weighted by Gasteiger charge is -2.16. The molecule has 6 nitrogen and oxygen atoms in total. The summed E-state index contributed by atoms with van der Waals surface area (Å²) >= 11 is 0. The number of carboxylic acids is 1. The smallest absolute Gasteiger partial charge is 0.335 e. The van der Waals surface area contributed by atoms with E-state index in [-0.39, 0.29) is 18.1 Å². The average molecular weight is 288 g/mol. The van der Waals surface area contributed by atoms with Crippen LogP contribution in [-0.4, -0.2) is 36.1 Å². The van der Waals surface area contributed by atoms with E-state index in [1.165, 1.54) is 6.92 Å². The molecule has 0 amide bonds. The van der Waals surface area contributed by atoms with Gasteiger partial charge < -0.3 is 14.7 Å². The number of hydrogen-bond donors (Lipinski definition) is 1. The van der Waals surface area contributed by atoms with Crippen molar-refractivity contribution in [1.82, 2.24) is 4.98 Å². The van der Waals surface area contributed by atoms with Crippen LogP contribution in [0.2, 0.25) is 0 Å². The van der Waals surface area contributed by atoms with E-state index in [1.54, 1.807) is 29.2 Å².